The maximum Gasteiger partial charge on any atom is 0.348 e. The molecule has 0 spiro atoms. The van der Waals surface area contributed by atoms with Crippen LogP contribution in [0, 0.1) is 5.82 Å². The van der Waals surface area contributed by atoms with E-state index in [1.165, 1.54) is 45.2 Å². The van der Waals surface area contributed by atoms with Crippen LogP contribution in [-0.4, -0.2) is 24.8 Å². The minimum absolute atomic E-state index is 0.0633. The highest BCUT2D eigenvalue weighted by Gasteiger charge is 2.38. The third-order valence-corrected chi connectivity index (χ3v) is 4.37. The van der Waals surface area contributed by atoms with Crippen LogP contribution in [0.2, 0.25) is 5.02 Å². The second-order valence-corrected chi connectivity index (χ2v) is 7.08. The molecule has 1 aliphatic rings. The van der Waals surface area contributed by atoms with E-state index in [9.17, 15) is 14.0 Å². The minimum atomic E-state index is -1.31. The Labute approximate surface area is 171 Å². The van der Waals surface area contributed by atoms with Crippen LogP contribution in [-0.2, 0) is 25.7 Å². The second kappa shape index (κ2) is 8.13. The molecule has 0 aromatic heterocycles. The number of carbonyl (C=O) groups excluding carboxylic acids is 2. The third kappa shape index (κ3) is 4.86. The van der Waals surface area contributed by atoms with Gasteiger partial charge in [0.25, 0.3) is 5.79 Å². The van der Waals surface area contributed by atoms with Gasteiger partial charge in [0.2, 0.25) is 0 Å². The summed E-state index contributed by atoms with van der Waals surface area (Å²) in [5, 5.41) is 0.234. The summed E-state index contributed by atoms with van der Waals surface area (Å²) in [5.74, 6) is -2.53. The Bertz CT molecular complexity index is 977. The molecule has 0 aliphatic carbocycles. The van der Waals surface area contributed by atoms with Gasteiger partial charge < -0.3 is 18.9 Å². The maximum atomic E-state index is 13.2. The molecule has 3 rings (SSSR count). The Kier molecular flexibility index (Phi) is 5.79. The molecule has 2 aromatic carbocycles. The lowest BCUT2D eigenvalue weighted by molar-refractivity contribution is -0.222. The molecule has 0 atom stereocenters. The van der Waals surface area contributed by atoms with Crippen LogP contribution in [0.3, 0.4) is 0 Å². The first kappa shape index (κ1) is 20.7. The van der Waals surface area contributed by atoms with E-state index in [2.05, 4.69) is 0 Å². The van der Waals surface area contributed by atoms with E-state index in [1.807, 2.05) is 0 Å². The van der Waals surface area contributed by atoms with E-state index in [1.54, 1.807) is 18.2 Å². The molecule has 1 heterocycles. The zero-order valence-corrected chi connectivity index (χ0v) is 16.7. The van der Waals surface area contributed by atoms with Gasteiger partial charge in [-0.3, -0.25) is 0 Å². The number of halogens is 2. The number of hydrogen-bond acceptors (Lipinski definition) is 6. The van der Waals surface area contributed by atoms with E-state index in [0.717, 1.165) is 0 Å². The van der Waals surface area contributed by atoms with Gasteiger partial charge in [0, 0.05) is 19.4 Å². The van der Waals surface area contributed by atoms with Crippen molar-refractivity contribution in [3.05, 3.63) is 63.9 Å². The van der Waals surface area contributed by atoms with Gasteiger partial charge in [0.1, 0.15) is 18.0 Å². The van der Waals surface area contributed by atoms with Crippen molar-refractivity contribution >= 4 is 29.6 Å². The third-order valence-electron chi connectivity index (χ3n) is 4.01. The summed E-state index contributed by atoms with van der Waals surface area (Å²) in [4.78, 5) is 24.2. The highest BCUT2D eigenvalue weighted by Crippen LogP contribution is 2.31. The molecular weight excluding hydrogens is 403 g/mol. The lowest BCUT2D eigenvalue weighted by Gasteiger charge is -2.29. The molecule has 29 heavy (non-hydrogen) atoms. The fourth-order valence-electron chi connectivity index (χ4n) is 2.64. The molecular formula is C21H18ClFO6. The first-order chi connectivity index (χ1) is 13.7. The second-order valence-electron chi connectivity index (χ2n) is 6.67. The van der Waals surface area contributed by atoms with E-state index in [4.69, 9.17) is 30.5 Å². The van der Waals surface area contributed by atoms with Crippen molar-refractivity contribution in [2.24, 2.45) is 0 Å². The molecule has 0 saturated carbocycles. The molecule has 0 amide bonds. The number of esters is 2. The summed E-state index contributed by atoms with van der Waals surface area (Å²) in [6.45, 7) is 3.01. The van der Waals surface area contributed by atoms with E-state index < -0.39 is 23.5 Å². The van der Waals surface area contributed by atoms with E-state index >= 15 is 0 Å². The lowest BCUT2D eigenvalue weighted by Crippen LogP contribution is -2.41. The number of ether oxygens (including phenoxy) is 4. The van der Waals surface area contributed by atoms with Gasteiger partial charge in [-0.25, -0.2) is 14.0 Å². The molecule has 152 valence electrons. The Morgan fingerprint density at radius 2 is 1.76 bits per heavy atom. The quantitative estimate of drug-likeness (QED) is 0.408. The van der Waals surface area contributed by atoms with E-state index in [-0.39, 0.29) is 17.2 Å². The lowest BCUT2D eigenvalue weighted by atomic mass is 10.1. The van der Waals surface area contributed by atoms with Crippen molar-refractivity contribution < 1.29 is 32.9 Å². The topological polar surface area (TPSA) is 71.1 Å². The van der Waals surface area contributed by atoms with Gasteiger partial charge >= 0.3 is 11.9 Å². The SMILES string of the molecule is COc1ccc(C=C2C(=O)OC(C)(C)OC2=O)cc1OCc1ccc(F)cc1Cl. The number of cyclic esters (lactones) is 2. The first-order valence-electron chi connectivity index (χ1n) is 8.61. The summed E-state index contributed by atoms with van der Waals surface area (Å²) < 4.78 is 34.4. The predicted molar refractivity (Wildman–Crippen MR) is 103 cm³/mol. The zero-order valence-electron chi connectivity index (χ0n) is 16.0. The Balaban J connectivity index is 1.85. The van der Waals surface area contributed by atoms with Crippen LogP contribution in [0.15, 0.2) is 42.0 Å². The Morgan fingerprint density at radius 3 is 2.38 bits per heavy atom. The normalized spacial score (nSPS) is 15.4. The highest BCUT2D eigenvalue weighted by molar-refractivity contribution is 6.31. The predicted octanol–water partition coefficient (Wildman–Crippen LogP) is 4.29. The molecule has 0 bridgehead atoms. The van der Waals surface area contributed by atoms with Gasteiger partial charge in [-0.1, -0.05) is 23.7 Å². The zero-order chi connectivity index (χ0) is 21.2. The fourth-order valence-corrected chi connectivity index (χ4v) is 2.86. The number of methoxy groups -OCH3 is 1. The molecule has 2 aromatic rings. The van der Waals surface area contributed by atoms with Gasteiger partial charge in [-0.2, -0.15) is 0 Å². The molecule has 0 N–H and O–H groups in total. The van der Waals surface area contributed by atoms with Crippen LogP contribution in [0.5, 0.6) is 11.5 Å². The molecule has 8 heteroatoms. The van der Waals surface area contributed by atoms with Gasteiger partial charge in [-0.05, 0) is 35.9 Å². The van der Waals surface area contributed by atoms with Crippen molar-refractivity contribution in [1.29, 1.82) is 0 Å². The fraction of sp³-hybridized carbons (Fsp3) is 0.238. The smallest absolute Gasteiger partial charge is 0.348 e. The van der Waals surface area contributed by atoms with Gasteiger partial charge in [0.05, 0.1) is 12.1 Å². The number of rotatable bonds is 5. The molecule has 1 aliphatic heterocycles. The number of benzene rings is 2. The molecule has 1 saturated heterocycles. The van der Waals surface area contributed by atoms with Crippen molar-refractivity contribution in [3.63, 3.8) is 0 Å². The molecule has 1 fully saturated rings. The monoisotopic (exact) mass is 420 g/mol. The van der Waals surface area contributed by atoms with Crippen LogP contribution in [0.25, 0.3) is 6.08 Å². The average molecular weight is 421 g/mol. The molecule has 0 radical (unpaired) electrons. The summed E-state index contributed by atoms with van der Waals surface area (Å²) >= 11 is 6.02. The minimum Gasteiger partial charge on any atom is -0.493 e. The molecule has 6 nitrogen and oxygen atoms in total. The molecule has 0 unspecified atom stereocenters. The summed E-state index contributed by atoms with van der Waals surface area (Å²) in [6.07, 6.45) is 1.34. The first-order valence-corrected chi connectivity index (χ1v) is 8.99. The van der Waals surface area contributed by atoms with Crippen molar-refractivity contribution in [3.8, 4) is 11.5 Å². The summed E-state index contributed by atoms with van der Waals surface area (Å²) in [7, 11) is 1.48. The van der Waals surface area contributed by atoms with Crippen LogP contribution >= 0.6 is 11.6 Å². The van der Waals surface area contributed by atoms with Crippen LogP contribution in [0.4, 0.5) is 4.39 Å². The van der Waals surface area contributed by atoms with Crippen LogP contribution < -0.4 is 9.47 Å². The van der Waals surface area contributed by atoms with E-state index in [0.29, 0.717) is 22.6 Å². The van der Waals surface area contributed by atoms with Gasteiger partial charge in [0.15, 0.2) is 11.5 Å². The Hall–Kier alpha value is -3.06. The van der Waals surface area contributed by atoms with Crippen molar-refractivity contribution in [2.45, 2.75) is 26.2 Å². The number of hydrogen-bond donors (Lipinski definition) is 0. The number of carbonyl (C=O) groups is 2. The van der Waals surface area contributed by atoms with Crippen molar-refractivity contribution in [2.75, 3.05) is 7.11 Å². The standard InChI is InChI=1S/C21H18ClFO6/c1-21(2)28-19(24)15(20(25)29-21)8-12-4-7-17(26-3)18(9-12)27-11-13-5-6-14(23)10-16(13)22/h4-10H,11H2,1-3H3. The highest BCUT2D eigenvalue weighted by atomic mass is 35.5. The van der Waals surface area contributed by atoms with Gasteiger partial charge in [-0.15, -0.1) is 0 Å². The largest absolute Gasteiger partial charge is 0.493 e. The van der Waals surface area contributed by atoms with Crippen LogP contribution in [0.1, 0.15) is 25.0 Å². The average Bonchev–Trinajstić information content (AvgIpc) is 2.63. The van der Waals surface area contributed by atoms with Crippen molar-refractivity contribution in [1.82, 2.24) is 0 Å². The maximum absolute atomic E-state index is 13.2. The Morgan fingerprint density at radius 1 is 1.07 bits per heavy atom. The summed E-state index contributed by atoms with van der Waals surface area (Å²) in [6, 6.07) is 8.85. The summed E-state index contributed by atoms with van der Waals surface area (Å²) in [5.41, 5.74) is 0.845.